The van der Waals surface area contributed by atoms with Crippen LogP contribution in [0.2, 0.25) is 0 Å². The molecule has 13 rings (SSSR count). The Morgan fingerprint density at radius 1 is 0.317 bits per heavy atom. The van der Waals surface area contributed by atoms with E-state index in [4.69, 9.17) is 13.8 Å². The summed E-state index contributed by atoms with van der Waals surface area (Å²) in [5.74, 6) is 0. The highest BCUT2D eigenvalue weighted by Gasteiger charge is 2.16. The lowest BCUT2D eigenvalue weighted by Crippen LogP contribution is -1.92. The van der Waals surface area contributed by atoms with Gasteiger partial charge in [-0.1, -0.05) is 109 Å². The third-order valence-corrected chi connectivity index (χ3v) is 12.5. The summed E-state index contributed by atoms with van der Waals surface area (Å²) in [5.41, 5.74) is 18.0. The average Bonchev–Trinajstić information content (AvgIpc) is 4.03. The third-order valence-electron chi connectivity index (χ3n) is 12.5. The number of nitrogens with zero attached hydrogens (tertiary/aromatic N) is 3. The average molecular weight is 806 g/mol. The Balaban J connectivity index is 0.835. The van der Waals surface area contributed by atoms with Gasteiger partial charge in [-0.05, 0) is 135 Å². The topological polar surface area (TPSA) is 57.0 Å². The lowest BCUT2D eigenvalue weighted by Gasteiger charge is -2.09. The molecule has 0 radical (unpaired) electrons. The van der Waals surface area contributed by atoms with E-state index in [2.05, 4.69) is 198 Å². The monoisotopic (exact) mass is 805 g/mol. The first-order valence-electron chi connectivity index (χ1n) is 21.2. The van der Waals surface area contributed by atoms with Crippen molar-refractivity contribution in [3.63, 3.8) is 0 Å². The van der Waals surface area contributed by atoms with Crippen LogP contribution in [-0.4, -0.2) is 14.5 Å². The van der Waals surface area contributed by atoms with Gasteiger partial charge in [0.1, 0.15) is 16.7 Å². The summed E-state index contributed by atoms with van der Waals surface area (Å²) in [5, 5.41) is 6.60. The number of hydrogen-bond donors (Lipinski definition) is 0. The number of furan rings is 2. The molecule has 0 aliphatic heterocycles. The summed E-state index contributed by atoms with van der Waals surface area (Å²) >= 11 is 0. The van der Waals surface area contributed by atoms with Gasteiger partial charge in [0.15, 0.2) is 0 Å². The van der Waals surface area contributed by atoms with Crippen LogP contribution in [0.15, 0.2) is 222 Å². The van der Waals surface area contributed by atoms with Crippen LogP contribution in [0.5, 0.6) is 0 Å². The van der Waals surface area contributed by atoms with Crippen molar-refractivity contribution in [1.82, 2.24) is 14.5 Å². The molecular weight excluding hydrogens is 771 g/mol. The zero-order valence-electron chi connectivity index (χ0n) is 33.9. The largest absolute Gasteiger partial charge is 0.456 e. The zero-order valence-corrected chi connectivity index (χ0v) is 33.9. The molecule has 0 fully saturated rings. The van der Waals surface area contributed by atoms with Gasteiger partial charge >= 0.3 is 0 Å². The molecule has 0 aliphatic rings. The van der Waals surface area contributed by atoms with Crippen LogP contribution < -0.4 is 0 Å². The van der Waals surface area contributed by atoms with Gasteiger partial charge in [0, 0.05) is 62.2 Å². The highest BCUT2D eigenvalue weighted by Crippen LogP contribution is 2.39. The summed E-state index contributed by atoms with van der Waals surface area (Å²) in [6.45, 7) is 0. The number of rotatable bonds is 6. The number of fused-ring (bicyclic) bond motifs is 9. The van der Waals surface area contributed by atoms with Crippen LogP contribution in [0, 0.1) is 0 Å². The normalized spacial score (nSPS) is 11.8. The number of pyridine rings is 2. The highest BCUT2D eigenvalue weighted by molar-refractivity contribution is 6.11. The Bertz CT molecular complexity index is 3930. The molecule has 0 aliphatic carbocycles. The number of para-hydroxylation sites is 2. The molecular formula is C58H35N3O2. The fraction of sp³-hybridized carbons (Fsp3) is 0. The van der Waals surface area contributed by atoms with E-state index in [1.807, 2.05) is 18.5 Å². The Hall–Kier alpha value is -8.54. The summed E-state index contributed by atoms with van der Waals surface area (Å²) in [6.07, 6.45) is 5.56. The number of hydrogen-bond acceptors (Lipinski definition) is 4. The van der Waals surface area contributed by atoms with Crippen LogP contribution in [-0.2, 0) is 0 Å². The van der Waals surface area contributed by atoms with Crippen molar-refractivity contribution in [1.29, 1.82) is 0 Å². The zero-order chi connectivity index (χ0) is 41.4. The predicted molar refractivity (Wildman–Crippen MR) is 258 cm³/mol. The van der Waals surface area contributed by atoms with Crippen molar-refractivity contribution in [2.24, 2.45) is 0 Å². The summed E-state index contributed by atoms with van der Waals surface area (Å²) in [6, 6.07) is 69.3. The smallest absolute Gasteiger partial charge is 0.227 e. The van der Waals surface area contributed by atoms with Crippen molar-refractivity contribution < 1.29 is 8.83 Å². The summed E-state index contributed by atoms with van der Waals surface area (Å²) < 4.78 is 14.7. The third kappa shape index (κ3) is 5.86. The fourth-order valence-electron chi connectivity index (χ4n) is 9.44. The molecule has 5 heteroatoms. The molecule has 0 spiro atoms. The van der Waals surface area contributed by atoms with Gasteiger partial charge in [0.25, 0.3) is 0 Å². The molecule has 5 aromatic heterocycles. The van der Waals surface area contributed by atoms with Gasteiger partial charge in [-0.2, -0.15) is 0 Å². The molecule has 0 unspecified atom stereocenters. The molecule has 0 saturated carbocycles. The minimum atomic E-state index is 0.630. The van der Waals surface area contributed by atoms with Crippen molar-refractivity contribution in [3.8, 4) is 61.3 Å². The SMILES string of the molecule is c1ccc(-n2c3ccccc3c3cc(-c4cccc(-c5cnc6oc7ccc(-c8cccc(-c9cccc(-c%10ccc%11oc%12ccncc%12c%11c%10)c9)c8)cc7c6c5)c4)ccc32)cc1. The van der Waals surface area contributed by atoms with Crippen molar-refractivity contribution >= 4 is 65.8 Å². The van der Waals surface area contributed by atoms with Crippen LogP contribution in [0.4, 0.5) is 0 Å². The molecule has 13 aromatic rings. The molecule has 5 nitrogen and oxygen atoms in total. The van der Waals surface area contributed by atoms with E-state index < -0.39 is 0 Å². The van der Waals surface area contributed by atoms with Gasteiger partial charge in [-0.15, -0.1) is 0 Å². The van der Waals surface area contributed by atoms with Gasteiger partial charge in [0.2, 0.25) is 5.71 Å². The van der Waals surface area contributed by atoms with Crippen LogP contribution in [0.1, 0.15) is 0 Å². The quantitative estimate of drug-likeness (QED) is 0.168. The van der Waals surface area contributed by atoms with E-state index in [1.165, 1.54) is 27.4 Å². The van der Waals surface area contributed by atoms with Gasteiger partial charge in [0.05, 0.1) is 11.0 Å². The standard InChI is InChI=1S/C58H35N3O2/c1-2-15-46(16-3-1)61-53-18-5-4-17-47(53)48-30-42(19-22-54(48)61)40-13-8-14-41(29-40)45-33-51-49-31-43(21-24-56(49)63-58(51)60-34-45)38-11-6-9-36(27-38)37-10-7-12-39(28-37)44-20-23-55-50(32-44)52-35-59-26-25-57(52)62-55/h1-35H. The van der Waals surface area contributed by atoms with Crippen LogP contribution in [0.3, 0.4) is 0 Å². The highest BCUT2D eigenvalue weighted by atomic mass is 16.3. The second-order valence-electron chi connectivity index (χ2n) is 16.2. The maximum Gasteiger partial charge on any atom is 0.227 e. The van der Waals surface area contributed by atoms with Gasteiger partial charge in [-0.3, -0.25) is 4.98 Å². The maximum absolute atomic E-state index is 6.31. The van der Waals surface area contributed by atoms with Crippen molar-refractivity contribution in [3.05, 3.63) is 213 Å². The molecule has 63 heavy (non-hydrogen) atoms. The number of benzene rings is 8. The molecule has 0 saturated heterocycles. The summed E-state index contributed by atoms with van der Waals surface area (Å²) in [4.78, 5) is 9.18. The first-order valence-corrected chi connectivity index (χ1v) is 21.2. The second-order valence-corrected chi connectivity index (χ2v) is 16.2. The molecule has 0 bridgehead atoms. The van der Waals surface area contributed by atoms with E-state index in [0.29, 0.717) is 5.71 Å². The first kappa shape index (κ1) is 35.2. The second kappa shape index (κ2) is 14.0. The Morgan fingerprint density at radius 3 is 1.51 bits per heavy atom. The number of aromatic nitrogens is 3. The van der Waals surface area contributed by atoms with E-state index >= 15 is 0 Å². The molecule has 0 atom stereocenters. The van der Waals surface area contributed by atoms with E-state index in [1.54, 1.807) is 6.20 Å². The Morgan fingerprint density at radius 2 is 0.825 bits per heavy atom. The molecule has 8 aromatic carbocycles. The van der Waals surface area contributed by atoms with Crippen LogP contribution in [0.25, 0.3) is 127 Å². The van der Waals surface area contributed by atoms with Crippen molar-refractivity contribution in [2.45, 2.75) is 0 Å². The lowest BCUT2D eigenvalue weighted by molar-refractivity contribution is 0.654. The van der Waals surface area contributed by atoms with E-state index in [-0.39, 0.29) is 0 Å². The predicted octanol–water partition coefficient (Wildman–Crippen LogP) is 15.7. The molecule has 0 amide bonds. The maximum atomic E-state index is 6.31. The minimum absolute atomic E-state index is 0.630. The first-order chi connectivity index (χ1) is 31.2. The lowest BCUT2D eigenvalue weighted by atomic mass is 9.95. The fourth-order valence-corrected chi connectivity index (χ4v) is 9.44. The Labute approximate surface area is 361 Å². The van der Waals surface area contributed by atoms with Gasteiger partial charge < -0.3 is 13.4 Å². The molecule has 294 valence electrons. The van der Waals surface area contributed by atoms with Crippen molar-refractivity contribution in [2.75, 3.05) is 0 Å². The van der Waals surface area contributed by atoms with Gasteiger partial charge in [-0.25, -0.2) is 4.98 Å². The Kier molecular flexibility index (Phi) is 7.84. The molecule has 5 heterocycles. The summed E-state index contributed by atoms with van der Waals surface area (Å²) in [7, 11) is 0. The minimum Gasteiger partial charge on any atom is -0.456 e. The molecule has 0 N–H and O–H groups in total. The van der Waals surface area contributed by atoms with Crippen LogP contribution >= 0.6 is 0 Å². The van der Waals surface area contributed by atoms with E-state index in [9.17, 15) is 0 Å². The van der Waals surface area contributed by atoms with E-state index in [0.717, 1.165) is 94.1 Å².